The topological polar surface area (TPSA) is 20.3 Å². The lowest BCUT2D eigenvalue weighted by Gasteiger charge is -2.29. The van der Waals surface area contributed by atoms with E-state index >= 15 is 0 Å². The zero-order valence-electron chi connectivity index (χ0n) is 9.12. The van der Waals surface area contributed by atoms with E-state index in [9.17, 15) is 4.79 Å². The van der Waals surface area contributed by atoms with E-state index in [-0.39, 0.29) is 5.41 Å². The fraction of sp³-hybridized carbons (Fsp3) is 0.750. The quantitative estimate of drug-likeness (QED) is 0.629. The number of amides is 1. The van der Waals surface area contributed by atoms with Gasteiger partial charge in [0.25, 0.3) is 0 Å². The maximum absolute atomic E-state index is 12.3. The summed E-state index contributed by atoms with van der Waals surface area (Å²) in [4.78, 5) is 14.2. The Morgan fingerprint density at radius 1 is 1.50 bits per heavy atom. The molecule has 0 aliphatic heterocycles. The Balaban J connectivity index is 2.14. The van der Waals surface area contributed by atoms with Crippen molar-refractivity contribution in [2.24, 2.45) is 11.3 Å². The van der Waals surface area contributed by atoms with Crippen molar-refractivity contribution in [2.45, 2.75) is 33.1 Å². The predicted molar refractivity (Wildman–Crippen MR) is 56.8 cm³/mol. The number of hydrogen-bond donors (Lipinski definition) is 0. The third-order valence-electron chi connectivity index (χ3n) is 3.75. The van der Waals surface area contributed by atoms with Gasteiger partial charge in [0.05, 0.1) is 5.41 Å². The lowest BCUT2D eigenvalue weighted by Crippen LogP contribution is -2.41. The third kappa shape index (κ3) is 1.28. The molecule has 78 valence electrons. The molecule has 1 amide bonds. The zero-order valence-corrected chi connectivity index (χ0v) is 9.12. The first-order valence-corrected chi connectivity index (χ1v) is 5.70. The summed E-state index contributed by atoms with van der Waals surface area (Å²) in [5, 5.41) is 0. The Morgan fingerprint density at radius 2 is 2.21 bits per heavy atom. The summed E-state index contributed by atoms with van der Waals surface area (Å²) in [6.45, 7) is 5.80. The summed E-state index contributed by atoms with van der Waals surface area (Å²) in [5.41, 5.74) is -0.101. The molecule has 0 N–H and O–H groups in total. The van der Waals surface area contributed by atoms with Gasteiger partial charge in [-0.1, -0.05) is 12.2 Å². The van der Waals surface area contributed by atoms with E-state index in [0.29, 0.717) is 11.8 Å². The second-order valence-electron chi connectivity index (χ2n) is 4.50. The first-order chi connectivity index (χ1) is 6.72. The van der Waals surface area contributed by atoms with Crippen LogP contribution in [-0.4, -0.2) is 23.9 Å². The first kappa shape index (κ1) is 9.75. The second kappa shape index (κ2) is 3.41. The van der Waals surface area contributed by atoms with Crippen molar-refractivity contribution in [3.05, 3.63) is 12.2 Å². The van der Waals surface area contributed by atoms with Crippen LogP contribution in [0.4, 0.5) is 0 Å². The Bertz CT molecular complexity index is 267. The van der Waals surface area contributed by atoms with Gasteiger partial charge in [0.15, 0.2) is 0 Å². The third-order valence-corrected chi connectivity index (χ3v) is 3.75. The molecule has 1 fully saturated rings. The smallest absolute Gasteiger partial charge is 0.232 e. The minimum atomic E-state index is -0.101. The highest BCUT2D eigenvalue weighted by atomic mass is 16.2. The lowest BCUT2D eigenvalue weighted by atomic mass is 9.86. The molecule has 2 aliphatic rings. The minimum Gasteiger partial charge on any atom is -0.343 e. The average molecular weight is 193 g/mol. The molecule has 2 bridgehead atoms. The summed E-state index contributed by atoms with van der Waals surface area (Å²) in [5.74, 6) is 1.05. The van der Waals surface area contributed by atoms with Crippen LogP contribution in [0.25, 0.3) is 0 Å². The SMILES string of the molecule is CCN(CC)C(=O)C12C=CC(CC1)C2. The van der Waals surface area contributed by atoms with Crippen molar-refractivity contribution in [3.8, 4) is 0 Å². The van der Waals surface area contributed by atoms with Crippen LogP contribution in [0.1, 0.15) is 33.1 Å². The molecule has 2 heteroatoms. The molecule has 2 unspecified atom stereocenters. The lowest BCUT2D eigenvalue weighted by molar-refractivity contribution is -0.138. The molecule has 2 atom stereocenters. The molecule has 2 nitrogen and oxygen atoms in total. The van der Waals surface area contributed by atoms with Gasteiger partial charge in [-0.05, 0) is 39.0 Å². The summed E-state index contributed by atoms with van der Waals surface area (Å²) < 4.78 is 0. The summed E-state index contributed by atoms with van der Waals surface area (Å²) >= 11 is 0. The highest BCUT2D eigenvalue weighted by Crippen LogP contribution is 2.50. The van der Waals surface area contributed by atoms with E-state index in [0.717, 1.165) is 25.9 Å². The largest absolute Gasteiger partial charge is 0.343 e. The minimum absolute atomic E-state index is 0.101. The van der Waals surface area contributed by atoms with Gasteiger partial charge in [-0.3, -0.25) is 4.79 Å². The van der Waals surface area contributed by atoms with Crippen molar-refractivity contribution in [3.63, 3.8) is 0 Å². The second-order valence-corrected chi connectivity index (χ2v) is 4.50. The first-order valence-electron chi connectivity index (χ1n) is 5.70. The van der Waals surface area contributed by atoms with E-state index in [2.05, 4.69) is 26.0 Å². The highest BCUT2D eigenvalue weighted by molar-refractivity contribution is 5.85. The van der Waals surface area contributed by atoms with Crippen LogP contribution in [0.2, 0.25) is 0 Å². The summed E-state index contributed by atoms with van der Waals surface area (Å²) in [7, 11) is 0. The van der Waals surface area contributed by atoms with Crippen molar-refractivity contribution in [1.29, 1.82) is 0 Å². The Kier molecular flexibility index (Phi) is 2.38. The molecule has 14 heavy (non-hydrogen) atoms. The maximum atomic E-state index is 12.3. The van der Waals surface area contributed by atoms with Crippen LogP contribution < -0.4 is 0 Å². The maximum Gasteiger partial charge on any atom is 0.232 e. The van der Waals surface area contributed by atoms with Crippen molar-refractivity contribution in [2.75, 3.05) is 13.1 Å². The molecule has 0 radical (unpaired) electrons. The Labute approximate surface area is 86.0 Å². The molecule has 0 aromatic heterocycles. The molecule has 0 spiro atoms. The van der Waals surface area contributed by atoms with Crippen LogP contribution in [0.5, 0.6) is 0 Å². The fourth-order valence-corrected chi connectivity index (χ4v) is 2.84. The number of carbonyl (C=O) groups excluding carboxylic acids is 1. The molecule has 1 saturated carbocycles. The molecular weight excluding hydrogens is 174 g/mol. The molecule has 2 rings (SSSR count). The fourth-order valence-electron chi connectivity index (χ4n) is 2.84. The molecular formula is C12H19NO. The van der Waals surface area contributed by atoms with Gasteiger partial charge >= 0.3 is 0 Å². The van der Waals surface area contributed by atoms with E-state index in [1.54, 1.807) is 0 Å². The van der Waals surface area contributed by atoms with Gasteiger partial charge in [-0.2, -0.15) is 0 Å². The molecule has 0 aromatic carbocycles. The molecule has 0 aromatic rings. The standard InChI is InChI=1S/C12H19NO/c1-3-13(4-2)11(14)12-7-5-10(9-12)6-8-12/h5,7,10H,3-4,6,8-9H2,1-2H3. The van der Waals surface area contributed by atoms with Crippen LogP contribution in [0, 0.1) is 11.3 Å². The van der Waals surface area contributed by atoms with Gasteiger partial charge < -0.3 is 4.90 Å². The average Bonchev–Trinajstić information content (AvgIpc) is 2.80. The van der Waals surface area contributed by atoms with E-state index in [1.165, 1.54) is 6.42 Å². The Morgan fingerprint density at radius 3 is 2.57 bits per heavy atom. The number of carbonyl (C=O) groups is 1. The number of allylic oxidation sites excluding steroid dienone is 1. The van der Waals surface area contributed by atoms with Crippen LogP contribution in [0.15, 0.2) is 12.2 Å². The zero-order chi connectivity index (χ0) is 10.2. The number of nitrogens with zero attached hydrogens (tertiary/aromatic N) is 1. The predicted octanol–water partition coefficient (Wildman–Crippen LogP) is 2.21. The van der Waals surface area contributed by atoms with Crippen molar-refractivity contribution in [1.82, 2.24) is 4.90 Å². The molecule has 2 aliphatic carbocycles. The van der Waals surface area contributed by atoms with Crippen LogP contribution in [-0.2, 0) is 4.79 Å². The summed E-state index contributed by atoms with van der Waals surface area (Å²) in [6, 6.07) is 0. The Hall–Kier alpha value is -0.790. The van der Waals surface area contributed by atoms with Gasteiger partial charge in [0, 0.05) is 13.1 Å². The van der Waals surface area contributed by atoms with E-state index < -0.39 is 0 Å². The highest BCUT2D eigenvalue weighted by Gasteiger charge is 2.47. The van der Waals surface area contributed by atoms with Gasteiger partial charge in [0.1, 0.15) is 0 Å². The normalized spacial score (nSPS) is 33.7. The monoisotopic (exact) mass is 193 g/mol. The number of rotatable bonds is 3. The summed E-state index contributed by atoms with van der Waals surface area (Å²) in [6.07, 6.45) is 7.77. The van der Waals surface area contributed by atoms with Gasteiger partial charge in [-0.25, -0.2) is 0 Å². The van der Waals surface area contributed by atoms with Gasteiger partial charge in [0.2, 0.25) is 5.91 Å². The van der Waals surface area contributed by atoms with Crippen molar-refractivity contribution < 1.29 is 4.79 Å². The van der Waals surface area contributed by atoms with Crippen LogP contribution >= 0.6 is 0 Å². The van der Waals surface area contributed by atoms with E-state index in [4.69, 9.17) is 0 Å². The van der Waals surface area contributed by atoms with E-state index in [1.807, 2.05) is 4.90 Å². The van der Waals surface area contributed by atoms with Gasteiger partial charge in [-0.15, -0.1) is 0 Å². The molecule has 0 heterocycles. The van der Waals surface area contributed by atoms with Crippen LogP contribution in [0.3, 0.4) is 0 Å². The number of fused-ring (bicyclic) bond motifs is 2. The van der Waals surface area contributed by atoms with Crippen molar-refractivity contribution >= 4 is 5.91 Å². The molecule has 0 saturated heterocycles. The number of hydrogen-bond acceptors (Lipinski definition) is 1.